The summed E-state index contributed by atoms with van der Waals surface area (Å²) in [6, 6.07) is 11.7. The maximum absolute atomic E-state index is 12.9. The number of thiocarbonyl (C=S) groups is 1. The highest BCUT2D eigenvalue weighted by molar-refractivity contribution is 8.04. The predicted molar refractivity (Wildman–Crippen MR) is 123 cm³/mol. The van der Waals surface area contributed by atoms with Crippen LogP contribution >= 0.6 is 24.0 Å². The lowest BCUT2D eigenvalue weighted by Gasteiger charge is -2.44. The fourth-order valence-electron chi connectivity index (χ4n) is 3.73. The summed E-state index contributed by atoms with van der Waals surface area (Å²) in [5, 5.41) is 21.1. The summed E-state index contributed by atoms with van der Waals surface area (Å²) in [6.45, 7) is 1.97. The molecule has 0 unspecified atom stereocenters. The first-order valence-electron chi connectivity index (χ1n) is 10.1. The molecule has 4 rings (SSSR count). The molecule has 8 nitrogen and oxygen atoms in total. The van der Waals surface area contributed by atoms with Crippen LogP contribution in [0.1, 0.15) is 24.6 Å². The number of allylic oxidation sites excluding steroid dienone is 1. The van der Waals surface area contributed by atoms with E-state index in [1.165, 1.54) is 23.9 Å². The average Bonchev–Trinajstić information content (AvgIpc) is 3.12. The van der Waals surface area contributed by atoms with Crippen molar-refractivity contribution in [2.45, 2.75) is 37.9 Å². The van der Waals surface area contributed by atoms with E-state index in [1.807, 2.05) is 25.1 Å². The molecule has 32 heavy (non-hydrogen) atoms. The molecule has 166 valence electrons. The Morgan fingerprint density at radius 3 is 2.72 bits per heavy atom. The number of aliphatic hydroxyl groups excluding tert-OH is 1. The molecule has 10 heteroatoms. The number of hydrogen-bond donors (Lipinski definition) is 1. The molecule has 3 atom stereocenters. The normalized spacial score (nSPS) is 20.6. The topological polar surface area (TPSA) is 106 Å². The van der Waals surface area contributed by atoms with Gasteiger partial charge in [-0.25, -0.2) is 0 Å². The quantitative estimate of drug-likeness (QED) is 0.269. The van der Waals surface area contributed by atoms with Gasteiger partial charge >= 0.3 is 0 Å². The van der Waals surface area contributed by atoms with E-state index in [1.54, 1.807) is 23.2 Å². The molecule has 1 aromatic carbocycles. The molecule has 1 fully saturated rings. The number of fused-ring (bicyclic) bond motifs is 1. The summed E-state index contributed by atoms with van der Waals surface area (Å²) in [6.07, 6.45) is 1.99. The number of nitrogens with zero attached hydrogens (tertiary/aromatic N) is 3. The Kier molecular flexibility index (Phi) is 6.54. The Bertz CT molecular complexity index is 1070. The molecule has 2 aliphatic heterocycles. The van der Waals surface area contributed by atoms with Crippen LogP contribution in [0.5, 0.6) is 0 Å². The van der Waals surface area contributed by atoms with Crippen molar-refractivity contribution in [1.29, 1.82) is 0 Å². The lowest BCUT2D eigenvalue weighted by molar-refractivity contribution is -0.384. The van der Waals surface area contributed by atoms with Gasteiger partial charge in [0.25, 0.3) is 5.69 Å². The van der Waals surface area contributed by atoms with Crippen molar-refractivity contribution in [1.82, 2.24) is 9.88 Å². The summed E-state index contributed by atoms with van der Waals surface area (Å²) in [5.74, 6) is -0.636. The SMILES string of the molecule is CC[C@H](O)[C@@H]1C(=O)N2C(C(=S)OCc3ccc([N+](=O)[O-])cc3)=C(Cc3ccccn3)S[C@H]12. The number of carbonyl (C=O) groups excluding carboxylic acids is 1. The first-order valence-corrected chi connectivity index (χ1v) is 11.4. The third-order valence-electron chi connectivity index (χ3n) is 5.46. The van der Waals surface area contributed by atoms with Gasteiger partial charge in [-0.2, -0.15) is 0 Å². The van der Waals surface area contributed by atoms with Gasteiger partial charge in [-0.1, -0.05) is 13.0 Å². The highest BCUT2D eigenvalue weighted by Gasteiger charge is 2.57. The first-order chi connectivity index (χ1) is 15.4. The van der Waals surface area contributed by atoms with E-state index in [0.29, 0.717) is 18.5 Å². The highest BCUT2D eigenvalue weighted by atomic mass is 32.2. The first kappa shape index (κ1) is 22.4. The number of aliphatic hydroxyl groups is 1. The number of hydrogen-bond acceptors (Lipinski definition) is 8. The zero-order valence-corrected chi connectivity index (χ0v) is 18.8. The van der Waals surface area contributed by atoms with E-state index >= 15 is 0 Å². The number of β-lactam (4-membered cyclic amide) rings is 1. The third-order valence-corrected chi connectivity index (χ3v) is 7.14. The molecule has 2 aromatic rings. The Hall–Kier alpha value is -2.82. The second-order valence-electron chi connectivity index (χ2n) is 7.49. The number of carbonyl (C=O) groups is 1. The number of ether oxygens (including phenoxy) is 1. The average molecular weight is 472 g/mol. The van der Waals surface area contributed by atoms with Crippen molar-refractivity contribution < 1.29 is 19.6 Å². The number of pyridine rings is 1. The lowest BCUT2D eigenvalue weighted by Crippen LogP contribution is -2.61. The van der Waals surface area contributed by atoms with E-state index < -0.39 is 16.9 Å². The van der Waals surface area contributed by atoms with Crippen LogP contribution in [-0.4, -0.2) is 42.3 Å². The molecule has 0 radical (unpaired) electrons. The van der Waals surface area contributed by atoms with Crippen LogP contribution < -0.4 is 0 Å². The molecule has 1 amide bonds. The second kappa shape index (κ2) is 9.35. The third kappa shape index (κ3) is 4.25. The molecule has 1 aromatic heterocycles. The van der Waals surface area contributed by atoms with Gasteiger partial charge in [0.15, 0.2) is 0 Å². The minimum atomic E-state index is -0.707. The maximum atomic E-state index is 12.9. The van der Waals surface area contributed by atoms with Gasteiger partial charge in [-0.3, -0.25) is 24.8 Å². The van der Waals surface area contributed by atoms with Crippen LogP contribution in [-0.2, 0) is 22.6 Å². The number of amides is 1. The number of benzene rings is 1. The molecule has 1 saturated heterocycles. The highest BCUT2D eigenvalue weighted by Crippen LogP contribution is 2.51. The monoisotopic (exact) mass is 471 g/mol. The minimum Gasteiger partial charge on any atom is -0.477 e. The molecule has 2 aliphatic rings. The number of non-ortho nitro benzene ring substituents is 1. The number of nitro benzene ring substituents is 1. The van der Waals surface area contributed by atoms with Crippen LogP contribution in [0.4, 0.5) is 5.69 Å². The summed E-state index contributed by atoms with van der Waals surface area (Å²) >= 11 is 7.06. The maximum Gasteiger partial charge on any atom is 0.269 e. The van der Waals surface area contributed by atoms with E-state index in [2.05, 4.69) is 4.98 Å². The zero-order valence-electron chi connectivity index (χ0n) is 17.2. The van der Waals surface area contributed by atoms with Crippen LogP contribution in [0.25, 0.3) is 0 Å². The van der Waals surface area contributed by atoms with Crippen molar-refractivity contribution in [2.75, 3.05) is 0 Å². The fraction of sp³-hybridized carbons (Fsp3) is 0.318. The van der Waals surface area contributed by atoms with Crippen LogP contribution in [0.2, 0.25) is 0 Å². The standard InChI is InChI=1S/C22H21N3O5S2/c1-2-16(26)18-20(27)24-19(17(32-21(18)24)11-14-5-3-4-10-23-14)22(31)30-12-13-6-8-15(9-7-13)25(28)29/h3-10,16,18,21,26H,2,11-12H2,1H3/t16-,18+,21+/m0/s1. The molecule has 1 N–H and O–H groups in total. The lowest BCUT2D eigenvalue weighted by atomic mass is 9.90. The van der Waals surface area contributed by atoms with Crippen molar-refractivity contribution in [3.8, 4) is 0 Å². The largest absolute Gasteiger partial charge is 0.477 e. The molecule has 0 saturated carbocycles. The molecular weight excluding hydrogens is 450 g/mol. The van der Waals surface area contributed by atoms with Gasteiger partial charge in [0.2, 0.25) is 11.0 Å². The van der Waals surface area contributed by atoms with Gasteiger partial charge < -0.3 is 9.84 Å². The Balaban J connectivity index is 1.54. The summed E-state index contributed by atoms with van der Waals surface area (Å²) in [7, 11) is 0. The summed E-state index contributed by atoms with van der Waals surface area (Å²) < 4.78 is 5.82. The number of nitro groups is 1. The summed E-state index contributed by atoms with van der Waals surface area (Å²) in [5.41, 5.74) is 2.11. The number of rotatable bonds is 8. The van der Waals surface area contributed by atoms with Crippen LogP contribution in [0, 0.1) is 16.0 Å². The number of thioether (sulfide) groups is 1. The Morgan fingerprint density at radius 1 is 1.34 bits per heavy atom. The van der Waals surface area contributed by atoms with Gasteiger partial charge in [0.05, 0.1) is 16.9 Å². The molecule has 0 spiro atoms. The molecule has 0 aliphatic carbocycles. The fourth-order valence-corrected chi connectivity index (χ4v) is 5.66. The smallest absolute Gasteiger partial charge is 0.269 e. The van der Waals surface area contributed by atoms with Crippen LogP contribution in [0.15, 0.2) is 59.3 Å². The zero-order chi connectivity index (χ0) is 22.8. The van der Waals surface area contributed by atoms with Gasteiger partial charge in [-0.15, -0.1) is 11.8 Å². The molecular formula is C22H21N3O5S2. The van der Waals surface area contributed by atoms with Crippen molar-refractivity contribution >= 4 is 40.6 Å². The summed E-state index contributed by atoms with van der Waals surface area (Å²) in [4.78, 5) is 30.1. The Labute approximate surface area is 194 Å². The van der Waals surface area contributed by atoms with Gasteiger partial charge in [0.1, 0.15) is 17.7 Å². The molecule has 0 bridgehead atoms. The Morgan fingerprint density at radius 2 is 2.09 bits per heavy atom. The van der Waals surface area contributed by atoms with Crippen LogP contribution in [0.3, 0.4) is 0 Å². The van der Waals surface area contributed by atoms with Crippen molar-refractivity contribution in [3.63, 3.8) is 0 Å². The van der Waals surface area contributed by atoms with Crippen molar-refractivity contribution in [2.24, 2.45) is 5.92 Å². The van der Waals surface area contributed by atoms with E-state index in [4.69, 9.17) is 17.0 Å². The molecule has 3 heterocycles. The minimum absolute atomic E-state index is 0.00147. The number of aromatic nitrogens is 1. The van der Waals surface area contributed by atoms with Gasteiger partial charge in [0, 0.05) is 35.3 Å². The van der Waals surface area contributed by atoms with Crippen molar-refractivity contribution in [3.05, 3.63) is 80.6 Å². The second-order valence-corrected chi connectivity index (χ2v) is 9.07. The predicted octanol–water partition coefficient (Wildman–Crippen LogP) is 3.59. The van der Waals surface area contributed by atoms with E-state index in [0.717, 1.165) is 16.2 Å². The van der Waals surface area contributed by atoms with Gasteiger partial charge in [-0.05, 0) is 48.5 Å². The van der Waals surface area contributed by atoms with E-state index in [9.17, 15) is 20.0 Å². The van der Waals surface area contributed by atoms with E-state index in [-0.39, 0.29) is 28.6 Å².